The minimum Gasteiger partial charge on any atom is -0.327 e. The second-order valence-corrected chi connectivity index (χ2v) is 1.55. The molecule has 2 N–H and O–H groups in total. The molecule has 0 aromatic heterocycles. The molecule has 7 heavy (non-hydrogen) atoms. The van der Waals surface area contributed by atoms with Crippen LogP contribution in [0, 0.1) is 0 Å². The fraction of sp³-hybridized carbons (Fsp3) is 0.600. The van der Waals surface area contributed by atoms with Crippen LogP contribution in [0.15, 0.2) is 12.2 Å². The van der Waals surface area contributed by atoms with Gasteiger partial charge < -0.3 is 5.73 Å². The van der Waals surface area contributed by atoms with Crippen molar-refractivity contribution < 1.29 is 4.39 Å². The molecular formula is C5H10FN. The first-order chi connectivity index (χ1) is 3.18. The van der Waals surface area contributed by atoms with E-state index in [1.54, 1.807) is 6.92 Å². The molecule has 0 radical (unpaired) electrons. The summed E-state index contributed by atoms with van der Waals surface area (Å²) in [6.07, 6.45) is -1.01. The van der Waals surface area contributed by atoms with Gasteiger partial charge in [0.25, 0.3) is 0 Å². The minimum absolute atomic E-state index is 0.0509. The van der Waals surface area contributed by atoms with Gasteiger partial charge in [-0.05, 0) is 12.5 Å². The molecule has 0 heterocycles. The Kier molecular flexibility index (Phi) is 2.60. The third kappa shape index (κ3) is 2.34. The average molecular weight is 103 g/mol. The Morgan fingerprint density at radius 1 is 2.00 bits per heavy atom. The van der Waals surface area contributed by atoms with Crippen molar-refractivity contribution in [1.29, 1.82) is 0 Å². The highest BCUT2D eigenvalue weighted by molar-refractivity contribution is 4.97. The highest BCUT2D eigenvalue weighted by Gasteiger charge is 2.00. The molecule has 1 nitrogen and oxygen atoms in total. The van der Waals surface area contributed by atoms with E-state index >= 15 is 0 Å². The predicted octanol–water partition coefficient (Wildman–Crippen LogP) is 0.859. The molecule has 1 unspecified atom stereocenters. The molecule has 0 saturated carbocycles. The number of alkyl halides is 1. The summed E-state index contributed by atoms with van der Waals surface area (Å²) < 4.78 is 12.0. The second-order valence-electron chi connectivity index (χ2n) is 1.55. The standard InChI is InChI=1S/C5H10FN/c1-4(2)5(6)3-7/h5H,1,3,7H2,2H3. The van der Waals surface area contributed by atoms with E-state index in [0.717, 1.165) is 0 Å². The van der Waals surface area contributed by atoms with Crippen molar-refractivity contribution >= 4 is 0 Å². The molecule has 42 valence electrons. The number of halogens is 1. The maximum atomic E-state index is 12.0. The van der Waals surface area contributed by atoms with Crippen LogP contribution in [-0.4, -0.2) is 12.7 Å². The molecule has 0 rings (SSSR count). The van der Waals surface area contributed by atoms with Crippen molar-refractivity contribution in [2.75, 3.05) is 6.54 Å². The van der Waals surface area contributed by atoms with Crippen molar-refractivity contribution in [1.82, 2.24) is 0 Å². The Balaban J connectivity index is 3.34. The smallest absolute Gasteiger partial charge is 0.133 e. The number of hydrogen-bond donors (Lipinski definition) is 1. The van der Waals surface area contributed by atoms with E-state index in [0.29, 0.717) is 5.57 Å². The van der Waals surface area contributed by atoms with E-state index < -0.39 is 6.17 Å². The van der Waals surface area contributed by atoms with Gasteiger partial charge in [0.15, 0.2) is 0 Å². The van der Waals surface area contributed by atoms with Crippen LogP contribution < -0.4 is 5.73 Å². The van der Waals surface area contributed by atoms with Gasteiger partial charge in [-0.3, -0.25) is 0 Å². The quantitative estimate of drug-likeness (QED) is 0.515. The van der Waals surface area contributed by atoms with Gasteiger partial charge in [-0.1, -0.05) is 6.58 Å². The lowest BCUT2D eigenvalue weighted by molar-refractivity contribution is 0.391. The summed E-state index contributed by atoms with van der Waals surface area (Å²) in [6, 6.07) is 0. The molecule has 0 bridgehead atoms. The Hall–Kier alpha value is -0.370. The summed E-state index contributed by atoms with van der Waals surface area (Å²) in [5.74, 6) is 0. The van der Waals surface area contributed by atoms with Gasteiger partial charge in [0.2, 0.25) is 0 Å². The zero-order valence-electron chi connectivity index (χ0n) is 4.45. The molecule has 0 fully saturated rings. The Labute approximate surface area is 43.0 Å². The van der Waals surface area contributed by atoms with E-state index in [9.17, 15) is 4.39 Å². The summed E-state index contributed by atoms with van der Waals surface area (Å²) in [5.41, 5.74) is 5.44. The molecule has 0 amide bonds. The lowest BCUT2D eigenvalue weighted by atomic mass is 10.2. The Morgan fingerprint density at radius 3 is 2.43 bits per heavy atom. The fourth-order valence-electron chi connectivity index (χ4n) is 0.201. The zero-order chi connectivity index (χ0) is 5.86. The van der Waals surface area contributed by atoms with Crippen LogP contribution in [0.25, 0.3) is 0 Å². The van der Waals surface area contributed by atoms with Crippen LogP contribution in [0.4, 0.5) is 4.39 Å². The van der Waals surface area contributed by atoms with Gasteiger partial charge in [-0.15, -0.1) is 0 Å². The lowest BCUT2D eigenvalue weighted by Gasteiger charge is -1.99. The number of hydrogen-bond acceptors (Lipinski definition) is 1. The van der Waals surface area contributed by atoms with Crippen molar-refractivity contribution in [3.05, 3.63) is 12.2 Å². The molecule has 0 aromatic rings. The van der Waals surface area contributed by atoms with E-state index in [4.69, 9.17) is 5.73 Å². The van der Waals surface area contributed by atoms with Gasteiger partial charge in [-0.25, -0.2) is 4.39 Å². The number of rotatable bonds is 2. The summed E-state index contributed by atoms with van der Waals surface area (Å²) in [5, 5.41) is 0. The third-order valence-electron chi connectivity index (χ3n) is 0.742. The van der Waals surface area contributed by atoms with E-state index in [-0.39, 0.29) is 6.54 Å². The minimum atomic E-state index is -1.01. The van der Waals surface area contributed by atoms with Crippen molar-refractivity contribution in [2.24, 2.45) is 5.73 Å². The SMILES string of the molecule is C=C(C)C(F)CN. The maximum absolute atomic E-state index is 12.0. The first-order valence-electron chi connectivity index (χ1n) is 2.18. The molecule has 0 aliphatic heterocycles. The van der Waals surface area contributed by atoms with Gasteiger partial charge in [0.05, 0.1) is 0 Å². The molecule has 0 aliphatic carbocycles. The van der Waals surface area contributed by atoms with Crippen LogP contribution in [0.2, 0.25) is 0 Å². The first-order valence-corrected chi connectivity index (χ1v) is 2.18. The predicted molar refractivity (Wildman–Crippen MR) is 28.8 cm³/mol. The average Bonchev–Trinajstić information content (AvgIpc) is 1.65. The third-order valence-corrected chi connectivity index (χ3v) is 0.742. The monoisotopic (exact) mass is 103 g/mol. The summed E-state index contributed by atoms with van der Waals surface area (Å²) >= 11 is 0. The summed E-state index contributed by atoms with van der Waals surface area (Å²) in [7, 11) is 0. The fourth-order valence-corrected chi connectivity index (χ4v) is 0.201. The Bertz CT molecular complexity index is 70.5. The highest BCUT2D eigenvalue weighted by Crippen LogP contribution is 1.98. The molecule has 1 atom stereocenters. The van der Waals surface area contributed by atoms with Crippen molar-refractivity contribution in [2.45, 2.75) is 13.1 Å². The van der Waals surface area contributed by atoms with Gasteiger partial charge >= 0.3 is 0 Å². The van der Waals surface area contributed by atoms with Crippen LogP contribution >= 0.6 is 0 Å². The number of nitrogens with two attached hydrogens (primary N) is 1. The highest BCUT2D eigenvalue weighted by atomic mass is 19.1. The van der Waals surface area contributed by atoms with Gasteiger partial charge in [0, 0.05) is 6.54 Å². The summed E-state index contributed by atoms with van der Waals surface area (Å²) in [6.45, 7) is 5.04. The normalized spacial score (nSPS) is 13.6. The first kappa shape index (κ1) is 6.63. The van der Waals surface area contributed by atoms with Crippen LogP contribution in [0.1, 0.15) is 6.92 Å². The maximum Gasteiger partial charge on any atom is 0.133 e. The molecule has 0 spiro atoms. The second kappa shape index (κ2) is 2.75. The largest absolute Gasteiger partial charge is 0.327 e. The van der Waals surface area contributed by atoms with E-state index in [1.807, 2.05) is 0 Å². The topological polar surface area (TPSA) is 26.0 Å². The van der Waals surface area contributed by atoms with Crippen molar-refractivity contribution in [3.63, 3.8) is 0 Å². The Morgan fingerprint density at radius 2 is 2.43 bits per heavy atom. The van der Waals surface area contributed by atoms with Crippen LogP contribution in [-0.2, 0) is 0 Å². The molecule has 0 saturated heterocycles. The zero-order valence-corrected chi connectivity index (χ0v) is 4.45. The molecular weight excluding hydrogens is 93.1 g/mol. The van der Waals surface area contributed by atoms with E-state index in [1.165, 1.54) is 0 Å². The van der Waals surface area contributed by atoms with E-state index in [2.05, 4.69) is 6.58 Å². The van der Waals surface area contributed by atoms with Gasteiger partial charge in [0.1, 0.15) is 6.17 Å². The summed E-state index contributed by atoms with van der Waals surface area (Å²) in [4.78, 5) is 0. The van der Waals surface area contributed by atoms with Crippen molar-refractivity contribution in [3.8, 4) is 0 Å². The van der Waals surface area contributed by atoms with Crippen LogP contribution in [0.3, 0.4) is 0 Å². The molecule has 2 heteroatoms. The molecule has 0 aliphatic rings. The van der Waals surface area contributed by atoms with Crippen LogP contribution in [0.5, 0.6) is 0 Å². The lowest BCUT2D eigenvalue weighted by Crippen LogP contribution is -2.15. The molecule has 0 aromatic carbocycles. The van der Waals surface area contributed by atoms with Gasteiger partial charge in [-0.2, -0.15) is 0 Å².